The van der Waals surface area contributed by atoms with Gasteiger partial charge in [0.15, 0.2) is 0 Å². The first-order valence-electron chi connectivity index (χ1n) is 9.09. The van der Waals surface area contributed by atoms with Crippen LogP contribution in [0.2, 0.25) is 0 Å². The van der Waals surface area contributed by atoms with Gasteiger partial charge in [-0.1, -0.05) is 69.2 Å². The number of hydrogen-bond donors (Lipinski definition) is 0. The maximum atomic E-state index is 6.45. The van der Waals surface area contributed by atoms with Gasteiger partial charge in [0.2, 0.25) is 0 Å². The zero-order valence-electron chi connectivity index (χ0n) is 14.4. The Labute approximate surface area is 140 Å². The zero-order chi connectivity index (χ0) is 16.1. The van der Waals surface area contributed by atoms with Crippen molar-refractivity contribution in [1.29, 1.82) is 0 Å². The summed E-state index contributed by atoms with van der Waals surface area (Å²) >= 11 is 0. The number of hydrogen-bond acceptors (Lipinski definition) is 1. The Bertz CT molecular complexity index is 581. The molecule has 0 saturated heterocycles. The maximum absolute atomic E-state index is 6.45. The Kier molecular flexibility index (Phi) is 5.38. The van der Waals surface area contributed by atoms with Gasteiger partial charge in [-0.05, 0) is 48.4 Å². The van der Waals surface area contributed by atoms with Crippen LogP contribution in [0.5, 0.6) is 5.75 Å². The smallest absolute Gasteiger partial charge is 0.127 e. The molecule has 0 heterocycles. The fourth-order valence-corrected chi connectivity index (χ4v) is 3.60. The lowest BCUT2D eigenvalue weighted by Crippen LogP contribution is -2.16. The van der Waals surface area contributed by atoms with E-state index in [1.807, 2.05) is 0 Å². The van der Waals surface area contributed by atoms with Gasteiger partial charge in [-0.2, -0.15) is 0 Å². The Morgan fingerprint density at radius 2 is 1.57 bits per heavy atom. The fraction of sp³-hybridized carbons (Fsp3) is 0.455. The lowest BCUT2D eigenvalue weighted by Gasteiger charge is -2.25. The number of benzene rings is 2. The molecule has 1 aliphatic rings. The van der Waals surface area contributed by atoms with Crippen LogP contribution in [0.15, 0.2) is 54.6 Å². The molecular formula is C22H28O. The van der Waals surface area contributed by atoms with Gasteiger partial charge in [-0.3, -0.25) is 0 Å². The van der Waals surface area contributed by atoms with Crippen molar-refractivity contribution in [2.45, 2.75) is 58.0 Å². The predicted octanol–water partition coefficient (Wildman–Crippen LogP) is 6.51. The molecule has 0 aromatic heterocycles. The van der Waals surface area contributed by atoms with E-state index in [9.17, 15) is 0 Å². The summed E-state index contributed by atoms with van der Waals surface area (Å²) in [4.78, 5) is 0. The van der Waals surface area contributed by atoms with Gasteiger partial charge in [0.25, 0.3) is 0 Å². The second-order valence-electron chi connectivity index (χ2n) is 6.87. The molecule has 0 bridgehead atoms. The van der Waals surface area contributed by atoms with Crippen molar-refractivity contribution < 1.29 is 4.74 Å². The third kappa shape index (κ3) is 3.96. The van der Waals surface area contributed by atoms with E-state index >= 15 is 0 Å². The molecule has 3 rings (SSSR count). The Morgan fingerprint density at radius 1 is 0.913 bits per heavy atom. The van der Waals surface area contributed by atoms with Crippen LogP contribution in [0.25, 0.3) is 0 Å². The quantitative estimate of drug-likeness (QED) is 0.591. The second kappa shape index (κ2) is 7.68. The van der Waals surface area contributed by atoms with Crippen molar-refractivity contribution in [2.75, 3.05) is 0 Å². The first-order chi connectivity index (χ1) is 11.3. The zero-order valence-corrected chi connectivity index (χ0v) is 14.4. The number of rotatable bonds is 6. The number of ether oxygens (including phenoxy) is 1. The molecule has 23 heavy (non-hydrogen) atoms. The average molecular weight is 308 g/mol. The third-order valence-corrected chi connectivity index (χ3v) is 5.28. The Balaban J connectivity index is 1.78. The van der Waals surface area contributed by atoms with Crippen LogP contribution in [0, 0.1) is 5.92 Å². The fourth-order valence-electron chi connectivity index (χ4n) is 3.60. The van der Waals surface area contributed by atoms with Crippen molar-refractivity contribution in [3.8, 4) is 5.75 Å². The van der Waals surface area contributed by atoms with Crippen molar-refractivity contribution in [1.82, 2.24) is 0 Å². The van der Waals surface area contributed by atoms with Crippen LogP contribution >= 0.6 is 0 Å². The molecule has 2 unspecified atom stereocenters. The average Bonchev–Trinajstić information content (AvgIpc) is 3.14. The molecule has 0 amide bonds. The maximum Gasteiger partial charge on any atom is 0.127 e. The van der Waals surface area contributed by atoms with Gasteiger partial charge in [-0.25, -0.2) is 0 Å². The summed E-state index contributed by atoms with van der Waals surface area (Å²) in [6.07, 6.45) is 6.60. The minimum atomic E-state index is 0.188. The molecular weight excluding hydrogens is 280 g/mol. The lowest BCUT2D eigenvalue weighted by molar-refractivity contribution is 0.137. The molecule has 0 N–H and O–H groups in total. The van der Waals surface area contributed by atoms with E-state index in [2.05, 4.69) is 68.4 Å². The van der Waals surface area contributed by atoms with Crippen molar-refractivity contribution in [3.63, 3.8) is 0 Å². The van der Waals surface area contributed by atoms with E-state index < -0.39 is 0 Å². The van der Waals surface area contributed by atoms with E-state index in [4.69, 9.17) is 4.74 Å². The first-order valence-corrected chi connectivity index (χ1v) is 9.09. The van der Waals surface area contributed by atoms with Crippen LogP contribution < -0.4 is 4.74 Å². The minimum absolute atomic E-state index is 0.188. The molecule has 1 saturated carbocycles. The molecule has 122 valence electrons. The highest BCUT2D eigenvalue weighted by molar-refractivity contribution is 5.30. The monoisotopic (exact) mass is 308 g/mol. The Hall–Kier alpha value is -1.76. The van der Waals surface area contributed by atoms with Gasteiger partial charge in [-0.15, -0.1) is 0 Å². The standard InChI is InChI=1S/C22H28O/c1-3-17(2)18-13-15-21(16-14-18)23-22(20-11-7-8-12-20)19-9-5-4-6-10-19/h4-6,9-10,13-17,20,22H,3,7-8,11-12H2,1-2H3. The minimum Gasteiger partial charge on any atom is -0.485 e. The van der Waals surface area contributed by atoms with Crippen LogP contribution in [0.3, 0.4) is 0 Å². The summed E-state index contributed by atoms with van der Waals surface area (Å²) in [6, 6.07) is 19.5. The van der Waals surface area contributed by atoms with Gasteiger partial charge in [0.05, 0.1) is 0 Å². The molecule has 2 atom stereocenters. The summed E-state index contributed by atoms with van der Waals surface area (Å²) in [5.74, 6) is 2.26. The second-order valence-corrected chi connectivity index (χ2v) is 6.87. The summed E-state index contributed by atoms with van der Waals surface area (Å²) in [5, 5.41) is 0. The summed E-state index contributed by atoms with van der Waals surface area (Å²) in [7, 11) is 0. The Morgan fingerprint density at radius 3 is 2.17 bits per heavy atom. The van der Waals surface area contributed by atoms with Gasteiger partial charge >= 0.3 is 0 Å². The van der Waals surface area contributed by atoms with Gasteiger partial charge in [0.1, 0.15) is 11.9 Å². The molecule has 0 radical (unpaired) electrons. The van der Waals surface area contributed by atoms with Gasteiger partial charge < -0.3 is 4.74 Å². The molecule has 1 fully saturated rings. The first kappa shape index (κ1) is 16.1. The van der Waals surface area contributed by atoms with Crippen LogP contribution in [-0.4, -0.2) is 0 Å². The highest BCUT2D eigenvalue weighted by Crippen LogP contribution is 2.38. The lowest BCUT2D eigenvalue weighted by atomic mass is 9.94. The van der Waals surface area contributed by atoms with Crippen molar-refractivity contribution in [2.24, 2.45) is 5.92 Å². The predicted molar refractivity (Wildman–Crippen MR) is 96.9 cm³/mol. The highest BCUT2D eigenvalue weighted by Gasteiger charge is 2.28. The van der Waals surface area contributed by atoms with Crippen LogP contribution in [0.1, 0.15) is 69.1 Å². The molecule has 2 aromatic carbocycles. The van der Waals surface area contributed by atoms with Crippen molar-refractivity contribution in [3.05, 3.63) is 65.7 Å². The largest absolute Gasteiger partial charge is 0.485 e. The normalized spacial score (nSPS) is 17.8. The molecule has 1 aliphatic carbocycles. The SMILES string of the molecule is CCC(C)c1ccc(OC(c2ccccc2)C2CCCC2)cc1. The van der Waals surface area contributed by atoms with Crippen LogP contribution in [0.4, 0.5) is 0 Å². The molecule has 1 heteroatoms. The van der Waals surface area contributed by atoms with Crippen molar-refractivity contribution >= 4 is 0 Å². The molecule has 2 aromatic rings. The van der Waals surface area contributed by atoms with E-state index in [0.717, 1.165) is 5.75 Å². The topological polar surface area (TPSA) is 9.23 Å². The highest BCUT2D eigenvalue weighted by atomic mass is 16.5. The molecule has 0 spiro atoms. The summed E-state index contributed by atoms with van der Waals surface area (Å²) in [6.45, 7) is 4.52. The summed E-state index contributed by atoms with van der Waals surface area (Å²) < 4.78 is 6.45. The van der Waals surface area contributed by atoms with Gasteiger partial charge in [0, 0.05) is 5.92 Å². The molecule has 0 aliphatic heterocycles. The summed E-state index contributed by atoms with van der Waals surface area (Å²) in [5.41, 5.74) is 2.71. The van der Waals surface area contributed by atoms with Crippen LogP contribution in [-0.2, 0) is 0 Å². The van der Waals surface area contributed by atoms with E-state index in [1.165, 1.54) is 43.2 Å². The van der Waals surface area contributed by atoms with E-state index in [-0.39, 0.29) is 6.10 Å². The third-order valence-electron chi connectivity index (χ3n) is 5.28. The van der Waals surface area contributed by atoms with E-state index in [1.54, 1.807) is 0 Å². The molecule has 1 nitrogen and oxygen atoms in total. The van der Waals surface area contributed by atoms with E-state index in [0.29, 0.717) is 11.8 Å².